The predicted molar refractivity (Wildman–Crippen MR) is 53.9 cm³/mol. The molecule has 1 heterocycles. The van der Waals surface area contributed by atoms with Crippen LogP contribution in [0, 0.1) is 6.92 Å². The molecule has 0 bridgehead atoms. The Balaban J connectivity index is 2.34. The molecule has 0 aliphatic carbocycles. The molecule has 0 aliphatic heterocycles. The molecule has 1 N–H and O–H groups in total. The fourth-order valence-corrected chi connectivity index (χ4v) is 1.22. The number of aliphatic hydroxyl groups excluding tert-OH is 1. The van der Waals surface area contributed by atoms with Crippen LogP contribution < -0.4 is 0 Å². The molecule has 4 heteroatoms. The molecule has 4 nitrogen and oxygen atoms in total. The van der Waals surface area contributed by atoms with E-state index in [2.05, 4.69) is 9.88 Å². The first-order chi connectivity index (χ1) is 6.59. The summed E-state index contributed by atoms with van der Waals surface area (Å²) in [7, 11) is 2.01. The highest BCUT2D eigenvalue weighted by atomic mass is 16.3. The first-order valence-corrected chi connectivity index (χ1v) is 4.85. The van der Waals surface area contributed by atoms with Crippen molar-refractivity contribution in [2.75, 3.05) is 13.6 Å². The molecule has 0 spiro atoms. The van der Waals surface area contributed by atoms with Crippen molar-refractivity contribution in [2.45, 2.75) is 32.9 Å². The number of aliphatic hydroxyl groups is 1. The molecule has 1 aromatic heterocycles. The van der Waals surface area contributed by atoms with E-state index in [-0.39, 0.29) is 6.10 Å². The first kappa shape index (κ1) is 11.2. The zero-order valence-electron chi connectivity index (χ0n) is 9.03. The second-order valence-corrected chi connectivity index (χ2v) is 3.73. The number of rotatable bonds is 5. The van der Waals surface area contributed by atoms with E-state index >= 15 is 0 Å². The summed E-state index contributed by atoms with van der Waals surface area (Å²) >= 11 is 0. The number of oxazole rings is 1. The van der Waals surface area contributed by atoms with E-state index in [1.165, 1.54) is 6.39 Å². The van der Waals surface area contributed by atoms with Crippen molar-refractivity contribution in [3.05, 3.63) is 17.8 Å². The van der Waals surface area contributed by atoms with Crippen molar-refractivity contribution in [3.63, 3.8) is 0 Å². The molecule has 0 saturated carbocycles. The Morgan fingerprint density at radius 1 is 1.64 bits per heavy atom. The Morgan fingerprint density at radius 2 is 2.36 bits per heavy atom. The molecule has 0 fully saturated rings. The summed E-state index contributed by atoms with van der Waals surface area (Å²) in [6.45, 7) is 5.35. The molecular formula is C10H18N2O2. The van der Waals surface area contributed by atoms with E-state index in [0.29, 0.717) is 0 Å². The van der Waals surface area contributed by atoms with Gasteiger partial charge in [0.05, 0.1) is 11.8 Å². The number of hydrogen-bond donors (Lipinski definition) is 1. The van der Waals surface area contributed by atoms with Gasteiger partial charge in [0.1, 0.15) is 5.76 Å². The summed E-state index contributed by atoms with van der Waals surface area (Å²) in [6, 6.07) is 0. The largest absolute Gasteiger partial charge is 0.448 e. The van der Waals surface area contributed by atoms with Crippen LogP contribution in [0.1, 0.15) is 24.8 Å². The predicted octanol–water partition coefficient (Wildman–Crippen LogP) is 1.19. The monoisotopic (exact) mass is 198 g/mol. The highest BCUT2D eigenvalue weighted by molar-refractivity contribution is 5.03. The molecule has 1 atom stereocenters. The lowest BCUT2D eigenvalue weighted by molar-refractivity contribution is 0.162. The van der Waals surface area contributed by atoms with Crippen LogP contribution in [0.4, 0.5) is 0 Å². The Labute approximate surface area is 84.6 Å². The maximum absolute atomic E-state index is 9.12. The molecule has 1 rings (SSSR count). The van der Waals surface area contributed by atoms with Crippen LogP contribution in [-0.2, 0) is 6.54 Å². The van der Waals surface area contributed by atoms with Crippen LogP contribution in [0.5, 0.6) is 0 Å². The van der Waals surface area contributed by atoms with Crippen LogP contribution in [0.2, 0.25) is 0 Å². The lowest BCUT2D eigenvalue weighted by Crippen LogP contribution is -2.22. The average molecular weight is 198 g/mol. The van der Waals surface area contributed by atoms with Gasteiger partial charge in [-0.15, -0.1) is 0 Å². The molecule has 0 radical (unpaired) electrons. The van der Waals surface area contributed by atoms with Gasteiger partial charge in [-0.2, -0.15) is 0 Å². The minimum Gasteiger partial charge on any atom is -0.448 e. The fraction of sp³-hybridized carbons (Fsp3) is 0.700. The second kappa shape index (κ2) is 5.12. The summed E-state index contributed by atoms with van der Waals surface area (Å²) in [5, 5.41) is 9.12. The van der Waals surface area contributed by atoms with E-state index < -0.39 is 0 Å². The normalized spacial score (nSPS) is 13.5. The van der Waals surface area contributed by atoms with Gasteiger partial charge in [-0.05, 0) is 27.3 Å². The van der Waals surface area contributed by atoms with Crippen LogP contribution >= 0.6 is 0 Å². The van der Waals surface area contributed by atoms with Gasteiger partial charge in [0.15, 0.2) is 6.39 Å². The van der Waals surface area contributed by atoms with Crippen molar-refractivity contribution in [2.24, 2.45) is 0 Å². The van der Waals surface area contributed by atoms with Crippen LogP contribution in [0.25, 0.3) is 0 Å². The lowest BCUT2D eigenvalue weighted by Gasteiger charge is -2.16. The van der Waals surface area contributed by atoms with Crippen molar-refractivity contribution in [1.29, 1.82) is 0 Å². The number of aryl methyl sites for hydroxylation is 1. The van der Waals surface area contributed by atoms with E-state index in [1.54, 1.807) is 6.92 Å². The third kappa shape index (κ3) is 3.47. The van der Waals surface area contributed by atoms with Gasteiger partial charge in [0.25, 0.3) is 0 Å². The van der Waals surface area contributed by atoms with E-state index in [9.17, 15) is 0 Å². The van der Waals surface area contributed by atoms with Gasteiger partial charge in [-0.3, -0.25) is 0 Å². The highest BCUT2D eigenvalue weighted by Gasteiger charge is 2.07. The van der Waals surface area contributed by atoms with Gasteiger partial charge in [0, 0.05) is 13.1 Å². The maximum atomic E-state index is 9.12. The average Bonchev–Trinajstić information content (AvgIpc) is 2.49. The SMILES string of the molecule is Cc1ocnc1CN(C)CCC(C)O. The number of hydrogen-bond acceptors (Lipinski definition) is 4. The van der Waals surface area contributed by atoms with Gasteiger partial charge >= 0.3 is 0 Å². The van der Waals surface area contributed by atoms with Crippen molar-refractivity contribution in [1.82, 2.24) is 9.88 Å². The smallest absolute Gasteiger partial charge is 0.181 e. The Morgan fingerprint density at radius 3 is 2.86 bits per heavy atom. The van der Waals surface area contributed by atoms with E-state index in [4.69, 9.17) is 9.52 Å². The topological polar surface area (TPSA) is 49.5 Å². The molecule has 0 aliphatic rings. The standard InChI is InChI=1S/C10H18N2O2/c1-8(13)4-5-12(3)6-10-9(2)14-7-11-10/h7-8,13H,4-6H2,1-3H3. The molecule has 80 valence electrons. The number of aromatic nitrogens is 1. The number of nitrogens with zero attached hydrogens (tertiary/aromatic N) is 2. The highest BCUT2D eigenvalue weighted by Crippen LogP contribution is 2.07. The molecular weight excluding hydrogens is 180 g/mol. The lowest BCUT2D eigenvalue weighted by atomic mass is 10.2. The molecule has 0 aromatic carbocycles. The minimum absolute atomic E-state index is 0.240. The van der Waals surface area contributed by atoms with Crippen molar-refractivity contribution >= 4 is 0 Å². The third-order valence-corrected chi connectivity index (χ3v) is 2.19. The molecule has 0 saturated heterocycles. The Hall–Kier alpha value is -0.870. The van der Waals surface area contributed by atoms with Crippen LogP contribution in [0.15, 0.2) is 10.8 Å². The second-order valence-electron chi connectivity index (χ2n) is 3.73. The summed E-state index contributed by atoms with van der Waals surface area (Å²) in [6.07, 6.45) is 2.01. The fourth-order valence-electron chi connectivity index (χ4n) is 1.22. The molecule has 1 aromatic rings. The summed E-state index contributed by atoms with van der Waals surface area (Å²) in [4.78, 5) is 6.23. The Kier molecular flexibility index (Phi) is 4.10. The zero-order valence-corrected chi connectivity index (χ0v) is 9.03. The van der Waals surface area contributed by atoms with Crippen molar-refractivity contribution < 1.29 is 9.52 Å². The van der Waals surface area contributed by atoms with Gasteiger partial charge in [-0.25, -0.2) is 4.98 Å². The van der Waals surface area contributed by atoms with E-state index in [1.807, 2.05) is 14.0 Å². The molecule has 14 heavy (non-hydrogen) atoms. The summed E-state index contributed by atoms with van der Waals surface area (Å²) < 4.78 is 5.10. The van der Waals surface area contributed by atoms with Crippen LogP contribution in [0.3, 0.4) is 0 Å². The van der Waals surface area contributed by atoms with Crippen molar-refractivity contribution in [3.8, 4) is 0 Å². The van der Waals surface area contributed by atoms with Gasteiger partial charge < -0.3 is 14.4 Å². The van der Waals surface area contributed by atoms with E-state index in [0.717, 1.165) is 31.0 Å². The molecule has 1 unspecified atom stereocenters. The summed E-state index contributed by atoms with van der Waals surface area (Å²) in [5.74, 6) is 0.869. The quantitative estimate of drug-likeness (QED) is 0.772. The third-order valence-electron chi connectivity index (χ3n) is 2.19. The molecule has 0 amide bonds. The maximum Gasteiger partial charge on any atom is 0.181 e. The first-order valence-electron chi connectivity index (χ1n) is 4.85. The minimum atomic E-state index is -0.240. The van der Waals surface area contributed by atoms with Crippen LogP contribution in [-0.4, -0.2) is 34.7 Å². The van der Waals surface area contributed by atoms with Gasteiger partial charge in [-0.1, -0.05) is 0 Å². The van der Waals surface area contributed by atoms with Gasteiger partial charge in [0.2, 0.25) is 0 Å². The Bertz CT molecular complexity index is 271. The zero-order chi connectivity index (χ0) is 10.6. The summed E-state index contributed by atoms with van der Waals surface area (Å²) in [5.41, 5.74) is 0.970.